The first-order chi connectivity index (χ1) is 13.2. The van der Waals surface area contributed by atoms with Gasteiger partial charge in [-0.2, -0.15) is 0 Å². The Bertz CT molecular complexity index is 629. The van der Waals surface area contributed by atoms with E-state index in [1.807, 2.05) is 7.05 Å². The molecular formula is C22H35IN4O. The van der Waals surface area contributed by atoms with Crippen LogP contribution in [0.25, 0.3) is 0 Å². The lowest BCUT2D eigenvalue weighted by Gasteiger charge is -2.33. The van der Waals surface area contributed by atoms with Crippen LogP contribution in [0.2, 0.25) is 0 Å². The van der Waals surface area contributed by atoms with Gasteiger partial charge in [-0.25, -0.2) is 0 Å². The van der Waals surface area contributed by atoms with E-state index in [4.69, 9.17) is 4.74 Å². The molecule has 2 atom stereocenters. The summed E-state index contributed by atoms with van der Waals surface area (Å²) in [6.07, 6.45) is 3.56. The van der Waals surface area contributed by atoms with Crippen molar-refractivity contribution >= 4 is 29.9 Å². The molecule has 0 aromatic heterocycles. The zero-order valence-corrected chi connectivity index (χ0v) is 19.5. The van der Waals surface area contributed by atoms with Crippen molar-refractivity contribution in [3.8, 4) is 0 Å². The Labute approximate surface area is 187 Å². The normalized spacial score (nSPS) is 23.9. The molecule has 0 radical (unpaired) electrons. The molecule has 0 saturated carbocycles. The minimum atomic E-state index is 0. The summed E-state index contributed by atoms with van der Waals surface area (Å²) in [4.78, 5) is 6.92. The van der Waals surface area contributed by atoms with Gasteiger partial charge in [0.05, 0.1) is 6.10 Å². The van der Waals surface area contributed by atoms with Gasteiger partial charge in [-0.15, -0.1) is 24.0 Å². The predicted molar refractivity (Wildman–Crippen MR) is 127 cm³/mol. The summed E-state index contributed by atoms with van der Waals surface area (Å²) in [7, 11) is 1.85. The number of likely N-dealkylation sites (tertiary alicyclic amines) is 1. The third-order valence-electron chi connectivity index (χ3n) is 5.52. The van der Waals surface area contributed by atoms with Crippen LogP contribution >= 0.6 is 24.0 Å². The van der Waals surface area contributed by atoms with Crippen LogP contribution < -0.4 is 10.6 Å². The van der Waals surface area contributed by atoms with Crippen molar-refractivity contribution in [2.75, 3.05) is 39.8 Å². The Morgan fingerprint density at radius 3 is 2.57 bits per heavy atom. The molecule has 2 fully saturated rings. The van der Waals surface area contributed by atoms with E-state index in [2.05, 4.69) is 64.4 Å². The Balaban J connectivity index is 0.00000280. The Kier molecular flexibility index (Phi) is 9.74. The lowest BCUT2D eigenvalue weighted by Crippen LogP contribution is -2.49. The maximum absolute atomic E-state index is 6.00. The quantitative estimate of drug-likeness (QED) is 0.273. The molecule has 0 spiro atoms. The van der Waals surface area contributed by atoms with Crippen LogP contribution in [0.4, 0.5) is 0 Å². The van der Waals surface area contributed by atoms with E-state index in [9.17, 15) is 0 Å². The Morgan fingerprint density at radius 1 is 1.21 bits per heavy atom. The van der Waals surface area contributed by atoms with Crippen molar-refractivity contribution < 1.29 is 4.74 Å². The molecule has 2 saturated heterocycles. The molecule has 28 heavy (non-hydrogen) atoms. The van der Waals surface area contributed by atoms with Gasteiger partial charge in [0.15, 0.2) is 5.96 Å². The first-order valence-electron chi connectivity index (χ1n) is 10.2. The molecule has 0 aliphatic carbocycles. The van der Waals surface area contributed by atoms with Gasteiger partial charge in [0.25, 0.3) is 0 Å². The third kappa shape index (κ3) is 6.74. The Morgan fingerprint density at radius 2 is 1.93 bits per heavy atom. The second kappa shape index (κ2) is 11.8. The monoisotopic (exact) mass is 498 g/mol. The van der Waals surface area contributed by atoms with Crippen LogP contribution in [-0.4, -0.2) is 56.7 Å². The summed E-state index contributed by atoms with van der Waals surface area (Å²) in [6.45, 7) is 11.1. The van der Waals surface area contributed by atoms with E-state index >= 15 is 0 Å². The van der Waals surface area contributed by atoms with E-state index in [0.29, 0.717) is 12.0 Å². The van der Waals surface area contributed by atoms with Crippen molar-refractivity contribution in [1.82, 2.24) is 15.5 Å². The van der Waals surface area contributed by atoms with Crippen LogP contribution in [0.15, 0.2) is 47.5 Å². The minimum absolute atomic E-state index is 0. The summed E-state index contributed by atoms with van der Waals surface area (Å²) >= 11 is 0. The number of halogens is 1. The number of aliphatic imine (C=N–C) groups is 1. The molecule has 2 aliphatic heterocycles. The number of piperidine rings is 1. The van der Waals surface area contributed by atoms with E-state index in [-0.39, 0.29) is 30.1 Å². The van der Waals surface area contributed by atoms with Crippen LogP contribution in [0, 0.1) is 5.92 Å². The fourth-order valence-corrected chi connectivity index (χ4v) is 4.09. The first kappa shape index (κ1) is 23.2. The molecular weight excluding hydrogens is 463 g/mol. The van der Waals surface area contributed by atoms with Gasteiger partial charge in [0.2, 0.25) is 0 Å². The molecule has 2 heterocycles. The number of hydrogen-bond donors (Lipinski definition) is 2. The number of nitrogens with zero attached hydrogens (tertiary/aromatic N) is 2. The lowest BCUT2D eigenvalue weighted by molar-refractivity contribution is 0.0915. The first-order valence-corrected chi connectivity index (χ1v) is 10.2. The fourth-order valence-electron chi connectivity index (χ4n) is 4.09. The van der Waals surface area contributed by atoms with Crippen LogP contribution in [0.5, 0.6) is 0 Å². The van der Waals surface area contributed by atoms with Gasteiger partial charge in [0.1, 0.15) is 0 Å². The second-order valence-electron chi connectivity index (χ2n) is 7.86. The molecule has 6 heteroatoms. The third-order valence-corrected chi connectivity index (χ3v) is 5.52. The van der Waals surface area contributed by atoms with E-state index in [1.54, 1.807) is 0 Å². The summed E-state index contributed by atoms with van der Waals surface area (Å²) in [6, 6.07) is 11.0. The second-order valence-corrected chi connectivity index (χ2v) is 7.86. The predicted octanol–water partition coefficient (Wildman–Crippen LogP) is 3.59. The van der Waals surface area contributed by atoms with Crippen molar-refractivity contribution in [2.24, 2.45) is 10.9 Å². The molecule has 1 aromatic carbocycles. The number of hydrogen-bond acceptors (Lipinski definition) is 3. The molecule has 5 nitrogen and oxygen atoms in total. The van der Waals surface area contributed by atoms with Gasteiger partial charge >= 0.3 is 0 Å². The summed E-state index contributed by atoms with van der Waals surface area (Å²) < 4.78 is 6.00. The lowest BCUT2D eigenvalue weighted by atomic mass is 9.95. The summed E-state index contributed by atoms with van der Waals surface area (Å²) in [5.41, 5.74) is 2.51. The highest BCUT2D eigenvalue weighted by Crippen LogP contribution is 2.33. The van der Waals surface area contributed by atoms with Crippen LogP contribution in [-0.2, 0) is 4.74 Å². The van der Waals surface area contributed by atoms with Gasteiger partial charge in [-0.3, -0.25) is 9.89 Å². The SMILES string of the molecule is C=C(C)CN1CCC(NC(=NC)NCC2CCOC2c2ccccc2)CC1.I. The van der Waals surface area contributed by atoms with Crippen molar-refractivity contribution in [2.45, 2.75) is 38.3 Å². The molecule has 0 amide bonds. The highest BCUT2D eigenvalue weighted by molar-refractivity contribution is 14.0. The topological polar surface area (TPSA) is 48.9 Å². The van der Waals surface area contributed by atoms with Crippen molar-refractivity contribution in [1.29, 1.82) is 0 Å². The average Bonchev–Trinajstić information content (AvgIpc) is 3.15. The summed E-state index contributed by atoms with van der Waals surface area (Å²) in [5, 5.41) is 7.14. The molecule has 2 unspecified atom stereocenters. The van der Waals surface area contributed by atoms with E-state index in [1.165, 1.54) is 11.1 Å². The number of benzene rings is 1. The molecule has 0 bridgehead atoms. The van der Waals surface area contributed by atoms with Gasteiger partial charge < -0.3 is 15.4 Å². The molecule has 1 aromatic rings. The highest BCUT2D eigenvalue weighted by atomic mass is 127. The fraction of sp³-hybridized carbons (Fsp3) is 0.591. The van der Waals surface area contributed by atoms with E-state index < -0.39 is 0 Å². The van der Waals surface area contributed by atoms with Gasteiger partial charge in [-0.1, -0.05) is 42.5 Å². The molecule has 3 rings (SSSR count). The number of rotatable bonds is 6. The smallest absolute Gasteiger partial charge is 0.191 e. The maximum Gasteiger partial charge on any atom is 0.191 e. The Hall–Kier alpha value is -1.12. The van der Waals surface area contributed by atoms with Crippen LogP contribution in [0.1, 0.15) is 37.9 Å². The standard InChI is InChI=1S/C22H34N4O.HI/c1-17(2)16-26-12-9-20(10-13-26)25-22(23-3)24-15-19-11-14-27-21(19)18-7-5-4-6-8-18;/h4-8,19-21H,1,9-16H2,2-3H3,(H2,23,24,25);1H. The zero-order chi connectivity index (χ0) is 19.1. The number of guanidine groups is 1. The molecule has 2 N–H and O–H groups in total. The van der Waals surface area contributed by atoms with Crippen LogP contribution in [0.3, 0.4) is 0 Å². The largest absolute Gasteiger partial charge is 0.373 e. The van der Waals surface area contributed by atoms with E-state index in [0.717, 1.165) is 58.0 Å². The van der Waals surface area contributed by atoms with Crippen molar-refractivity contribution in [3.05, 3.63) is 48.0 Å². The molecule has 156 valence electrons. The number of nitrogens with one attached hydrogen (secondary N) is 2. The van der Waals surface area contributed by atoms with Crippen molar-refractivity contribution in [3.63, 3.8) is 0 Å². The summed E-state index contributed by atoms with van der Waals surface area (Å²) in [5.74, 6) is 1.38. The van der Waals surface area contributed by atoms with Gasteiger partial charge in [-0.05, 0) is 31.7 Å². The van der Waals surface area contributed by atoms with Gasteiger partial charge in [0, 0.05) is 51.8 Å². The zero-order valence-electron chi connectivity index (χ0n) is 17.2. The maximum atomic E-state index is 6.00. The number of ether oxygens (including phenoxy) is 1. The molecule has 2 aliphatic rings. The highest BCUT2D eigenvalue weighted by Gasteiger charge is 2.29. The minimum Gasteiger partial charge on any atom is -0.373 e. The average molecular weight is 498 g/mol.